The first-order chi connectivity index (χ1) is 22.3. The van der Waals surface area contributed by atoms with Crippen LogP contribution >= 0.6 is 0 Å². The second kappa shape index (κ2) is 14.8. The van der Waals surface area contributed by atoms with Crippen molar-refractivity contribution in [1.82, 2.24) is 19.6 Å². The van der Waals surface area contributed by atoms with Gasteiger partial charge >= 0.3 is 12.3 Å². The highest BCUT2D eigenvalue weighted by Gasteiger charge is 2.42. The molecule has 4 atom stereocenters. The predicted octanol–water partition coefficient (Wildman–Crippen LogP) is 7.31. The van der Waals surface area contributed by atoms with E-state index in [2.05, 4.69) is 22.6 Å². The summed E-state index contributed by atoms with van der Waals surface area (Å²) in [5, 5.41) is 14.8. The fourth-order valence-electron chi connectivity index (χ4n) is 7.85. The summed E-state index contributed by atoms with van der Waals surface area (Å²) in [5.41, 5.74) is 3.92. The van der Waals surface area contributed by atoms with E-state index in [1.165, 1.54) is 23.9 Å². The standard InChI is InChI=1S/C36H46F4N4O3/c1-5-44-33(20-29(41-44)17-24-9-11-31(12-10-24)47-36(38,39)40)25-13-15-43(16-14-25)22-27-19-30(42(4)34(23(2)3)35(45)46)21-32(27)26-7-6-8-28(37)18-26/h6-12,18,20,23,25,27,30,32,34H,5,13-17,19,21-22H2,1-4H3,(H,45,46)/t27-,30+,32-,34-/m1/s1. The molecule has 3 aromatic rings. The molecule has 2 aliphatic rings. The lowest BCUT2D eigenvalue weighted by molar-refractivity contribution is -0.274. The van der Waals surface area contributed by atoms with Gasteiger partial charge < -0.3 is 14.7 Å². The number of likely N-dealkylation sites (tertiary alicyclic amines) is 1. The van der Waals surface area contributed by atoms with Gasteiger partial charge in [0.2, 0.25) is 0 Å². The molecule has 0 radical (unpaired) electrons. The number of carbonyl (C=O) groups is 1. The fourth-order valence-corrected chi connectivity index (χ4v) is 7.85. The zero-order valence-electron chi connectivity index (χ0n) is 27.6. The van der Waals surface area contributed by atoms with Crippen LogP contribution in [0.4, 0.5) is 17.6 Å². The maximum Gasteiger partial charge on any atom is 0.573 e. The number of aliphatic carboxylic acids is 1. The van der Waals surface area contributed by atoms with Crippen molar-refractivity contribution in [2.24, 2.45) is 11.8 Å². The summed E-state index contributed by atoms with van der Waals surface area (Å²) in [7, 11) is 1.92. The van der Waals surface area contributed by atoms with Crippen molar-refractivity contribution in [3.05, 3.63) is 82.9 Å². The normalized spacial score (nSPS) is 21.9. The molecule has 1 aliphatic carbocycles. The highest BCUT2D eigenvalue weighted by molar-refractivity contribution is 5.73. The fraction of sp³-hybridized carbons (Fsp3) is 0.556. The molecule has 1 N–H and O–H groups in total. The summed E-state index contributed by atoms with van der Waals surface area (Å²) in [5.74, 6) is -0.548. The summed E-state index contributed by atoms with van der Waals surface area (Å²) in [4.78, 5) is 16.7. The monoisotopic (exact) mass is 658 g/mol. The van der Waals surface area contributed by atoms with E-state index in [1.54, 1.807) is 24.3 Å². The Bertz CT molecular complexity index is 1480. The summed E-state index contributed by atoms with van der Waals surface area (Å²) >= 11 is 0. The Morgan fingerprint density at radius 2 is 1.79 bits per heavy atom. The average Bonchev–Trinajstić information content (AvgIpc) is 3.62. The first kappa shape index (κ1) is 34.9. The third kappa shape index (κ3) is 8.73. The highest BCUT2D eigenvalue weighted by atomic mass is 19.4. The van der Waals surface area contributed by atoms with Crippen LogP contribution in [-0.4, -0.2) is 75.8 Å². The van der Waals surface area contributed by atoms with Crippen LogP contribution in [0.2, 0.25) is 0 Å². The van der Waals surface area contributed by atoms with Gasteiger partial charge in [-0.25, -0.2) is 4.39 Å². The van der Waals surface area contributed by atoms with Crippen LogP contribution in [0.25, 0.3) is 0 Å². The number of hydrogen-bond donors (Lipinski definition) is 1. The minimum Gasteiger partial charge on any atom is -0.480 e. The van der Waals surface area contributed by atoms with Gasteiger partial charge in [0, 0.05) is 37.2 Å². The number of halogens is 4. The minimum absolute atomic E-state index is 0.0290. The zero-order valence-corrected chi connectivity index (χ0v) is 27.6. The van der Waals surface area contributed by atoms with Crippen molar-refractivity contribution in [2.75, 3.05) is 26.7 Å². The van der Waals surface area contributed by atoms with Gasteiger partial charge in [-0.3, -0.25) is 14.4 Å². The van der Waals surface area contributed by atoms with Crippen LogP contribution in [0.15, 0.2) is 54.6 Å². The molecule has 256 valence electrons. The number of hydrogen-bond acceptors (Lipinski definition) is 5. The first-order valence-corrected chi connectivity index (χ1v) is 16.6. The number of aryl methyl sites for hydroxylation is 1. The number of ether oxygens (including phenoxy) is 1. The summed E-state index contributed by atoms with van der Waals surface area (Å²) in [6.45, 7) is 9.40. The van der Waals surface area contributed by atoms with Gasteiger partial charge in [-0.1, -0.05) is 38.1 Å². The molecule has 0 amide bonds. The van der Waals surface area contributed by atoms with E-state index < -0.39 is 18.4 Å². The Hall–Kier alpha value is -3.44. The first-order valence-electron chi connectivity index (χ1n) is 16.6. The van der Waals surface area contributed by atoms with Crippen molar-refractivity contribution < 1.29 is 32.2 Å². The molecule has 1 saturated heterocycles. The lowest BCUT2D eigenvalue weighted by Crippen LogP contribution is -2.47. The molecule has 11 heteroatoms. The lowest BCUT2D eigenvalue weighted by atomic mass is 9.87. The van der Waals surface area contributed by atoms with E-state index in [-0.39, 0.29) is 35.4 Å². The number of alkyl halides is 3. The number of rotatable bonds is 12. The quantitative estimate of drug-likeness (QED) is 0.206. The zero-order chi connectivity index (χ0) is 33.9. The van der Waals surface area contributed by atoms with E-state index in [0.29, 0.717) is 12.3 Å². The van der Waals surface area contributed by atoms with Gasteiger partial charge in [-0.05, 0) is 112 Å². The third-order valence-corrected chi connectivity index (χ3v) is 10.0. The van der Waals surface area contributed by atoms with Crippen LogP contribution in [0, 0.1) is 17.7 Å². The van der Waals surface area contributed by atoms with E-state index in [9.17, 15) is 27.5 Å². The van der Waals surface area contributed by atoms with E-state index in [1.807, 2.05) is 36.5 Å². The number of piperidine rings is 1. The molecule has 5 rings (SSSR count). The molecular formula is C36H46F4N4O3. The molecule has 1 aliphatic heterocycles. The topological polar surface area (TPSA) is 70.8 Å². The lowest BCUT2D eigenvalue weighted by Gasteiger charge is -2.35. The number of aromatic nitrogens is 2. The highest BCUT2D eigenvalue weighted by Crippen LogP contribution is 2.44. The molecule has 2 fully saturated rings. The van der Waals surface area contributed by atoms with Crippen molar-refractivity contribution in [3.63, 3.8) is 0 Å². The second-order valence-corrected chi connectivity index (χ2v) is 13.6. The molecule has 2 aromatic carbocycles. The Labute approximate surface area is 274 Å². The molecule has 1 aromatic heterocycles. The third-order valence-electron chi connectivity index (χ3n) is 10.0. The van der Waals surface area contributed by atoms with Crippen molar-refractivity contribution in [2.45, 2.75) is 89.7 Å². The smallest absolute Gasteiger partial charge is 0.480 e. The van der Waals surface area contributed by atoms with Crippen molar-refractivity contribution in [3.8, 4) is 5.75 Å². The maximum atomic E-state index is 14.3. The number of carboxylic acids is 1. The average molecular weight is 659 g/mol. The van der Waals surface area contributed by atoms with Gasteiger partial charge in [-0.15, -0.1) is 13.2 Å². The van der Waals surface area contributed by atoms with Gasteiger partial charge in [0.25, 0.3) is 0 Å². The molecule has 0 unspecified atom stereocenters. The SMILES string of the molecule is CCn1nc(Cc2ccc(OC(F)(F)F)cc2)cc1C1CCN(C[C@H]2C[C@H](N(C)[C@@H](C(=O)O)C(C)C)C[C@@H]2c2cccc(F)c2)CC1. The number of likely N-dealkylation sites (N-methyl/N-ethyl adjacent to an activating group) is 1. The number of benzene rings is 2. The minimum atomic E-state index is -4.72. The summed E-state index contributed by atoms with van der Waals surface area (Å²) in [6, 6.07) is 14.5. The maximum absolute atomic E-state index is 14.3. The Morgan fingerprint density at radius 1 is 1.09 bits per heavy atom. The van der Waals surface area contributed by atoms with Crippen molar-refractivity contribution in [1.29, 1.82) is 0 Å². The van der Waals surface area contributed by atoms with Crippen LogP contribution < -0.4 is 4.74 Å². The van der Waals surface area contributed by atoms with Crippen LogP contribution in [0.5, 0.6) is 5.75 Å². The van der Waals surface area contributed by atoms with Gasteiger partial charge in [0.1, 0.15) is 17.6 Å². The molecular weight excluding hydrogens is 612 g/mol. The Kier molecular flexibility index (Phi) is 11.0. The van der Waals surface area contributed by atoms with E-state index in [4.69, 9.17) is 5.10 Å². The summed E-state index contributed by atoms with van der Waals surface area (Å²) < 4.78 is 57.9. The Balaban J connectivity index is 1.23. The summed E-state index contributed by atoms with van der Waals surface area (Å²) in [6.07, 6.45) is -0.585. The van der Waals surface area contributed by atoms with Crippen molar-refractivity contribution >= 4 is 5.97 Å². The van der Waals surface area contributed by atoms with Gasteiger partial charge in [0.05, 0.1) is 5.69 Å². The van der Waals surface area contributed by atoms with E-state index >= 15 is 0 Å². The molecule has 1 saturated carbocycles. The molecule has 0 bridgehead atoms. The van der Waals surface area contributed by atoms with Gasteiger partial charge in [-0.2, -0.15) is 5.10 Å². The number of carboxylic acid groups (broad SMARTS) is 1. The molecule has 0 spiro atoms. The van der Waals surface area contributed by atoms with E-state index in [0.717, 1.165) is 68.7 Å². The van der Waals surface area contributed by atoms with Gasteiger partial charge in [0.15, 0.2) is 0 Å². The Morgan fingerprint density at radius 3 is 2.38 bits per heavy atom. The molecule has 2 heterocycles. The number of nitrogens with zero attached hydrogens (tertiary/aromatic N) is 4. The molecule has 7 nitrogen and oxygen atoms in total. The molecule has 47 heavy (non-hydrogen) atoms. The predicted molar refractivity (Wildman–Crippen MR) is 172 cm³/mol. The second-order valence-electron chi connectivity index (χ2n) is 13.6. The van der Waals surface area contributed by atoms with Crippen LogP contribution in [-0.2, 0) is 17.8 Å². The largest absolute Gasteiger partial charge is 0.573 e. The van der Waals surface area contributed by atoms with Crippen LogP contribution in [0.3, 0.4) is 0 Å². The van der Waals surface area contributed by atoms with Crippen LogP contribution in [0.1, 0.15) is 80.8 Å².